The Labute approximate surface area is 82.8 Å². The quantitative estimate of drug-likeness (QED) is 0.783. The fraction of sp³-hybridized carbons (Fsp3) is 0.400. The van der Waals surface area contributed by atoms with Crippen LogP contribution in [0.5, 0.6) is 0 Å². The van der Waals surface area contributed by atoms with Crippen LogP contribution in [0, 0.1) is 6.92 Å². The van der Waals surface area contributed by atoms with Crippen molar-refractivity contribution >= 4 is 5.65 Å². The number of hydrogen-bond acceptors (Lipinski definition) is 3. The van der Waals surface area contributed by atoms with E-state index in [1.165, 1.54) is 5.69 Å². The summed E-state index contributed by atoms with van der Waals surface area (Å²) >= 11 is 0. The van der Waals surface area contributed by atoms with Crippen molar-refractivity contribution in [3.05, 3.63) is 29.7 Å². The maximum atomic E-state index is 5.47. The summed E-state index contributed by atoms with van der Waals surface area (Å²) in [6, 6.07) is 6.01. The summed E-state index contributed by atoms with van der Waals surface area (Å²) in [4.78, 5) is 0. The van der Waals surface area contributed by atoms with Crippen LogP contribution < -0.4 is 5.73 Å². The summed E-state index contributed by atoms with van der Waals surface area (Å²) in [7, 11) is 0. The van der Waals surface area contributed by atoms with Gasteiger partial charge in [-0.15, -0.1) is 10.2 Å². The Hall–Kier alpha value is -1.42. The molecule has 74 valence electrons. The van der Waals surface area contributed by atoms with E-state index >= 15 is 0 Å². The molecule has 0 bridgehead atoms. The van der Waals surface area contributed by atoms with Gasteiger partial charge in [0.25, 0.3) is 0 Å². The van der Waals surface area contributed by atoms with Gasteiger partial charge < -0.3 is 5.73 Å². The van der Waals surface area contributed by atoms with Crippen LogP contribution in [0.3, 0.4) is 0 Å². The van der Waals surface area contributed by atoms with E-state index in [0.29, 0.717) is 6.54 Å². The Balaban J connectivity index is 2.45. The van der Waals surface area contributed by atoms with E-state index in [4.69, 9.17) is 5.73 Å². The lowest BCUT2D eigenvalue weighted by Crippen LogP contribution is -2.04. The predicted octanol–water partition coefficient (Wildman–Crippen LogP) is 0.929. The van der Waals surface area contributed by atoms with E-state index in [-0.39, 0.29) is 0 Å². The van der Waals surface area contributed by atoms with Crippen LogP contribution in [0.25, 0.3) is 5.65 Å². The fourth-order valence-corrected chi connectivity index (χ4v) is 1.59. The average Bonchev–Trinajstić information content (AvgIpc) is 2.59. The third-order valence-electron chi connectivity index (χ3n) is 2.30. The largest absolute Gasteiger partial charge is 0.330 e. The molecule has 0 amide bonds. The normalized spacial score (nSPS) is 11.0. The lowest BCUT2D eigenvalue weighted by Gasteiger charge is -2.01. The highest BCUT2D eigenvalue weighted by Crippen LogP contribution is 2.08. The lowest BCUT2D eigenvalue weighted by atomic mass is 10.3. The number of nitrogens with two attached hydrogens (primary N) is 1. The monoisotopic (exact) mass is 190 g/mol. The van der Waals surface area contributed by atoms with Gasteiger partial charge in [0, 0.05) is 12.1 Å². The van der Waals surface area contributed by atoms with Gasteiger partial charge in [-0.25, -0.2) is 0 Å². The molecule has 2 aromatic rings. The van der Waals surface area contributed by atoms with Gasteiger partial charge in [-0.3, -0.25) is 4.40 Å². The van der Waals surface area contributed by atoms with Gasteiger partial charge >= 0.3 is 0 Å². The first-order valence-electron chi connectivity index (χ1n) is 4.82. The van der Waals surface area contributed by atoms with Gasteiger partial charge in [0.1, 0.15) is 5.82 Å². The minimum atomic E-state index is 0.695. The molecule has 0 atom stereocenters. The Morgan fingerprint density at radius 2 is 2.21 bits per heavy atom. The second-order valence-electron chi connectivity index (χ2n) is 3.37. The number of pyridine rings is 1. The van der Waals surface area contributed by atoms with Gasteiger partial charge in [0.05, 0.1) is 0 Å². The lowest BCUT2D eigenvalue weighted by molar-refractivity contribution is 0.765. The zero-order chi connectivity index (χ0) is 9.97. The van der Waals surface area contributed by atoms with Crippen molar-refractivity contribution in [3.8, 4) is 0 Å². The minimum Gasteiger partial charge on any atom is -0.330 e. The molecule has 0 spiro atoms. The van der Waals surface area contributed by atoms with E-state index in [1.807, 2.05) is 12.1 Å². The van der Waals surface area contributed by atoms with Crippen LogP contribution in [-0.4, -0.2) is 21.1 Å². The van der Waals surface area contributed by atoms with Crippen molar-refractivity contribution in [2.45, 2.75) is 19.8 Å². The molecule has 0 aliphatic rings. The smallest absolute Gasteiger partial charge is 0.160 e. The number of aromatic nitrogens is 3. The predicted molar refractivity (Wildman–Crippen MR) is 55.1 cm³/mol. The average molecular weight is 190 g/mol. The third kappa shape index (κ3) is 1.48. The maximum Gasteiger partial charge on any atom is 0.160 e. The molecule has 14 heavy (non-hydrogen) atoms. The molecule has 4 nitrogen and oxygen atoms in total. The molecular formula is C10H14N4. The number of hydrogen-bond donors (Lipinski definition) is 1. The molecule has 0 saturated heterocycles. The molecular weight excluding hydrogens is 176 g/mol. The summed E-state index contributed by atoms with van der Waals surface area (Å²) in [5, 5.41) is 8.26. The number of nitrogens with zero attached hydrogens (tertiary/aromatic N) is 3. The van der Waals surface area contributed by atoms with Crippen LogP contribution in [0.4, 0.5) is 0 Å². The molecule has 2 rings (SSSR count). The van der Waals surface area contributed by atoms with Crippen molar-refractivity contribution in [3.63, 3.8) is 0 Å². The minimum absolute atomic E-state index is 0.695. The Kier molecular flexibility index (Phi) is 2.45. The van der Waals surface area contributed by atoms with Crippen LogP contribution in [0.2, 0.25) is 0 Å². The molecule has 0 unspecified atom stereocenters. The molecule has 2 N–H and O–H groups in total. The molecule has 4 heteroatoms. The highest BCUT2D eigenvalue weighted by Gasteiger charge is 2.05. The summed E-state index contributed by atoms with van der Waals surface area (Å²) in [5.74, 6) is 1.00. The van der Waals surface area contributed by atoms with Crippen molar-refractivity contribution in [2.75, 3.05) is 6.54 Å². The highest BCUT2D eigenvalue weighted by molar-refractivity contribution is 5.39. The maximum absolute atomic E-state index is 5.47. The first-order chi connectivity index (χ1) is 6.83. The summed E-state index contributed by atoms with van der Waals surface area (Å²) in [6.45, 7) is 2.75. The standard InChI is InChI=1S/C10H14N4/c1-8-4-2-5-9-12-13-10(14(8)9)6-3-7-11/h2,4-5H,3,6-7,11H2,1H3. The number of fused-ring (bicyclic) bond motifs is 1. The first-order valence-corrected chi connectivity index (χ1v) is 4.82. The van der Waals surface area contributed by atoms with Gasteiger partial charge in [-0.05, 0) is 32.0 Å². The van der Waals surface area contributed by atoms with Crippen LogP contribution in [0.15, 0.2) is 18.2 Å². The molecule has 0 fully saturated rings. The van der Waals surface area contributed by atoms with Crippen LogP contribution in [0.1, 0.15) is 17.9 Å². The van der Waals surface area contributed by atoms with Crippen molar-refractivity contribution in [2.24, 2.45) is 5.73 Å². The first kappa shape index (κ1) is 9.15. The Bertz CT molecular complexity index is 433. The van der Waals surface area contributed by atoms with Crippen LogP contribution >= 0.6 is 0 Å². The van der Waals surface area contributed by atoms with Gasteiger partial charge in [-0.1, -0.05) is 6.07 Å². The van der Waals surface area contributed by atoms with E-state index in [9.17, 15) is 0 Å². The van der Waals surface area contributed by atoms with Crippen molar-refractivity contribution in [1.82, 2.24) is 14.6 Å². The summed E-state index contributed by atoms with van der Waals surface area (Å²) in [6.07, 6.45) is 1.84. The summed E-state index contributed by atoms with van der Waals surface area (Å²) < 4.78 is 2.08. The second kappa shape index (κ2) is 3.75. The van der Waals surface area contributed by atoms with Crippen LogP contribution in [-0.2, 0) is 6.42 Å². The van der Waals surface area contributed by atoms with E-state index in [1.54, 1.807) is 0 Å². The molecule has 2 heterocycles. The Morgan fingerprint density at radius 1 is 1.36 bits per heavy atom. The Morgan fingerprint density at radius 3 is 3.00 bits per heavy atom. The third-order valence-corrected chi connectivity index (χ3v) is 2.30. The second-order valence-corrected chi connectivity index (χ2v) is 3.37. The zero-order valence-electron chi connectivity index (χ0n) is 8.27. The van der Waals surface area contributed by atoms with E-state index in [2.05, 4.69) is 27.6 Å². The van der Waals surface area contributed by atoms with Gasteiger partial charge in [0.15, 0.2) is 5.65 Å². The fourth-order valence-electron chi connectivity index (χ4n) is 1.59. The number of aryl methyl sites for hydroxylation is 2. The van der Waals surface area contributed by atoms with E-state index in [0.717, 1.165) is 24.3 Å². The highest BCUT2D eigenvalue weighted by atomic mass is 15.2. The van der Waals surface area contributed by atoms with E-state index < -0.39 is 0 Å². The topological polar surface area (TPSA) is 56.2 Å². The SMILES string of the molecule is Cc1cccc2nnc(CCCN)n12. The molecule has 2 aromatic heterocycles. The van der Waals surface area contributed by atoms with Gasteiger partial charge in [-0.2, -0.15) is 0 Å². The molecule has 0 aromatic carbocycles. The number of rotatable bonds is 3. The van der Waals surface area contributed by atoms with Crippen molar-refractivity contribution < 1.29 is 0 Å². The molecule has 0 radical (unpaired) electrons. The molecule has 0 aliphatic carbocycles. The summed E-state index contributed by atoms with van der Waals surface area (Å²) in [5.41, 5.74) is 7.55. The molecule has 0 aliphatic heterocycles. The van der Waals surface area contributed by atoms with Gasteiger partial charge in [0.2, 0.25) is 0 Å². The zero-order valence-corrected chi connectivity index (χ0v) is 8.27. The van der Waals surface area contributed by atoms with Crippen molar-refractivity contribution in [1.29, 1.82) is 0 Å². The molecule has 0 saturated carbocycles.